The smallest absolute Gasteiger partial charge is 0.265 e. The van der Waals surface area contributed by atoms with Gasteiger partial charge < -0.3 is 16.4 Å². The minimum atomic E-state index is -0.163. The highest BCUT2D eigenvalue weighted by atomic mass is 32.1. The Bertz CT molecular complexity index is 348. The quantitative estimate of drug-likeness (QED) is 0.725. The second-order valence-electron chi connectivity index (χ2n) is 3.39. The zero-order chi connectivity index (χ0) is 11.4. The van der Waals surface area contributed by atoms with Crippen LogP contribution in [-0.2, 0) is 0 Å². The number of thiazole rings is 1. The lowest BCUT2D eigenvalue weighted by Crippen LogP contribution is -2.29. The number of hydrogen-bond donors (Lipinski definition) is 3. The molecule has 0 saturated carbocycles. The van der Waals surface area contributed by atoms with Gasteiger partial charge in [-0.15, -0.1) is 0 Å². The number of hydrogen-bond acceptors (Lipinski definition) is 5. The van der Waals surface area contributed by atoms with E-state index in [0.29, 0.717) is 10.0 Å². The summed E-state index contributed by atoms with van der Waals surface area (Å²) in [7, 11) is 0. The predicted molar refractivity (Wildman–Crippen MR) is 63.3 cm³/mol. The average Bonchev–Trinajstić information content (AvgIpc) is 2.46. The molecule has 15 heavy (non-hydrogen) atoms. The standard InChI is InChI=1S/C9H16N4OS/c1-4-11-9-13-7(10)6(15-9)8(14)12-5(2)3/h5H,4,10H2,1-3H3,(H,11,13)(H,12,14). The van der Waals surface area contributed by atoms with Gasteiger partial charge >= 0.3 is 0 Å². The number of amides is 1. The maximum absolute atomic E-state index is 11.6. The molecule has 1 aromatic heterocycles. The van der Waals surface area contributed by atoms with E-state index in [-0.39, 0.29) is 17.8 Å². The highest BCUT2D eigenvalue weighted by Gasteiger charge is 2.16. The topological polar surface area (TPSA) is 80.0 Å². The van der Waals surface area contributed by atoms with E-state index in [9.17, 15) is 4.79 Å². The van der Waals surface area contributed by atoms with Crippen molar-refractivity contribution >= 4 is 28.2 Å². The van der Waals surface area contributed by atoms with E-state index in [1.165, 1.54) is 11.3 Å². The predicted octanol–water partition coefficient (Wildman–Crippen LogP) is 1.30. The molecule has 4 N–H and O–H groups in total. The first-order valence-corrected chi connectivity index (χ1v) is 5.67. The van der Waals surface area contributed by atoms with Crippen molar-refractivity contribution in [2.45, 2.75) is 26.8 Å². The van der Waals surface area contributed by atoms with Gasteiger partial charge in [0.25, 0.3) is 5.91 Å². The first kappa shape index (κ1) is 11.8. The molecule has 0 radical (unpaired) electrons. The molecule has 0 spiro atoms. The van der Waals surface area contributed by atoms with E-state index in [4.69, 9.17) is 5.73 Å². The van der Waals surface area contributed by atoms with Crippen molar-refractivity contribution in [2.75, 3.05) is 17.6 Å². The van der Waals surface area contributed by atoms with Crippen LogP contribution in [0.25, 0.3) is 0 Å². The summed E-state index contributed by atoms with van der Waals surface area (Å²) in [4.78, 5) is 16.2. The Morgan fingerprint density at radius 1 is 1.60 bits per heavy atom. The maximum atomic E-state index is 11.6. The summed E-state index contributed by atoms with van der Waals surface area (Å²) in [5.74, 6) is 0.123. The van der Waals surface area contributed by atoms with Crippen molar-refractivity contribution in [1.82, 2.24) is 10.3 Å². The average molecular weight is 228 g/mol. The molecule has 6 heteroatoms. The molecule has 5 nitrogen and oxygen atoms in total. The lowest BCUT2D eigenvalue weighted by molar-refractivity contribution is 0.0948. The van der Waals surface area contributed by atoms with Crippen molar-refractivity contribution in [2.24, 2.45) is 0 Å². The summed E-state index contributed by atoms with van der Waals surface area (Å²) < 4.78 is 0. The summed E-state index contributed by atoms with van der Waals surface area (Å²) in [5, 5.41) is 6.49. The minimum Gasteiger partial charge on any atom is -0.382 e. The molecule has 0 atom stereocenters. The minimum absolute atomic E-state index is 0.0987. The molecular weight excluding hydrogens is 212 g/mol. The molecule has 1 amide bonds. The summed E-state index contributed by atoms with van der Waals surface area (Å²) in [5.41, 5.74) is 5.65. The van der Waals surface area contributed by atoms with E-state index < -0.39 is 0 Å². The summed E-state index contributed by atoms with van der Waals surface area (Å²) in [6.07, 6.45) is 0. The summed E-state index contributed by atoms with van der Waals surface area (Å²) in [6, 6.07) is 0.0987. The molecule has 0 aliphatic heterocycles. The Labute approximate surface area is 93.1 Å². The number of carbonyl (C=O) groups excluding carboxylic acids is 1. The molecule has 0 bridgehead atoms. The Balaban J connectivity index is 2.80. The van der Waals surface area contributed by atoms with Crippen molar-refractivity contribution in [3.8, 4) is 0 Å². The van der Waals surface area contributed by atoms with Crippen molar-refractivity contribution in [3.05, 3.63) is 4.88 Å². The number of nitrogens with one attached hydrogen (secondary N) is 2. The molecule has 0 aliphatic rings. The third-order valence-corrected chi connectivity index (χ3v) is 2.64. The third-order valence-electron chi connectivity index (χ3n) is 1.61. The monoisotopic (exact) mass is 228 g/mol. The number of nitrogens with zero attached hydrogens (tertiary/aromatic N) is 1. The molecule has 0 aliphatic carbocycles. The van der Waals surface area contributed by atoms with Crippen LogP contribution in [0.5, 0.6) is 0 Å². The van der Waals surface area contributed by atoms with Crippen LogP contribution < -0.4 is 16.4 Å². The number of nitrogens with two attached hydrogens (primary N) is 1. The highest BCUT2D eigenvalue weighted by molar-refractivity contribution is 7.18. The van der Waals surface area contributed by atoms with Crippen molar-refractivity contribution in [3.63, 3.8) is 0 Å². The molecule has 0 aromatic carbocycles. The number of aromatic nitrogens is 1. The van der Waals surface area contributed by atoms with Gasteiger partial charge in [-0.25, -0.2) is 4.98 Å². The van der Waals surface area contributed by atoms with Gasteiger partial charge in [0.15, 0.2) is 5.13 Å². The number of anilines is 2. The van der Waals surface area contributed by atoms with Gasteiger partial charge in [-0.05, 0) is 20.8 Å². The van der Waals surface area contributed by atoms with Crippen molar-refractivity contribution in [1.29, 1.82) is 0 Å². The second kappa shape index (κ2) is 4.97. The van der Waals surface area contributed by atoms with Gasteiger partial charge in [-0.1, -0.05) is 11.3 Å². The van der Waals surface area contributed by atoms with E-state index >= 15 is 0 Å². The van der Waals surface area contributed by atoms with Crippen LogP contribution in [0.4, 0.5) is 10.9 Å². The molecule has 1 heterocycles. The fourth-order valence-corrected chi connectivity index (χ4v) is 1.90. The second-order valence-corrected chi connectivity index (χ2v) is 4.39. The largest absolute Gasteiger partial charge is 0.382 e. The third kappa shape index (κ3) is 3.09. The van der Waals surface area contributed by atoms with Gasteiger partial charge in [-0.2, -0.15) is 0 Å². The zero-order valence-corrected chi connectivity index (χ0v) is 9.94. The molecule has 1 rings (SSSR count). The van der Waals surface area contributed by atoms with Gasteiger partial charge in [0.05, 0.1) is 0 Å². The van der Waals surface area contributed by atoms with Crippen LogP contribution in [-0.4, -0.2) is 23.5 Å². The Morgan fingerprint density at radius 3 is 2.80 bits per heavy atom. The van der Waals surface area contributed by atoms with Crippen LogP contribution in [0.3, 0.4) is 0 Å². The first-order chi connectivity index (χ1) is 7.04. The Hall–Kier alpha value is -1.30. The highest BCUT2D eigenvalue weighted by Crippen LogP contribution is 2.24. The summed E-state index contributed by atoms with van der Waals surface area (Å²) in [6.45, 7) is 6.53. The van der Waals surface area contributed by atoms with E-state index in [1.54, 1.807) is 0 Å². The van der Waals surface area contributed by atoms with Crippen LogP contribution in [0.15, 0.2) is 0 Å². The number of carbonyl (C=O) groups is 1. The van der Waals surface area contributed by atoms with Crippen LogP contribution in [0.2, 0.25) is 0 Å². The molecular formula is C9H16N4OS. The zero-order valence-electron chi connectivity index (χ0n) is 9.13. The fraction of sp³-hybridized carbons (Fsp3) is 0.556. The number of nitrogen functional groups attached to an aromatic ring is 1. The van der Waals surface area contributed by atoms with Gasteiger partial charge in [-0.3, -0.25) is 4.79 Å². The Morgan fingerprint density at radius 2 is 2.27 bits per heavy atom. The maximum Gasteiger partial charge on any atom is 0.265 e. The van der Waals surface area contributed by atoms with Gasteiger partial charge in [0.2, 0.25) is 0 Å². The number of rotatable bonds is 4. The molecule has 0 saturated heterocycles. The lowest BCUT2D eigenvalue weighted by atomic mass is 10.3. The first-order valence-electron chi connectivity index (χ1n) is 4.85. The van der Waals surface area contributed by atoms with Crippen LogP contribution >= 0.6 is 11.3 Å². The molecule has 0 fully saturated rings. The van der Waals surface area contributed by atoms with Crippen LogP contribution in [0.1, 0.15) is 30.4 Å². The Kier molecular flexibility index (Phi) is 3.90. The van der Waals surface area contributed by atoms with E-state index in [2.05, 4.69) is 15.6 Å². The fourth-order valence-electron chi connectivity index (χ4n) is 1.05. The molecule has 1 aromatic rings. The lowest BCUT2D eigenvalue weighted by Gasteiger charge is -2.06. The van der Waals surface area contributed by atoms with E-state index in [0.717, 1.165) is 6.54 Å². The molecule has 84 valence electrons. The van der Waals surface area contributed by atoms with Gasteiger partial charge in [0, 0.05) is 12.6 Å². The van der Waals surface area contributed by atoms with Gasteiger partial charge in [0.1, 0.15) is 10.7 Å². The SMILES string of the molecule is CCNc1nc(N)c(C(=O)NC(C)C)s1. The summed E-state index contributed by atoms with van der Waals surface area (Å²) >= 11 is 1.27. The van der Waals surface area contributed by atoms with Crippen molar-refractivity contribution < 1.29 is 4.79 Å². The normalized spacial score (nSPS) is 10.4. The molecule has 0 unspecified atom stereocenters. The van der Waals surface area contributed by atoms with E-state index in [1.807, 2.05) is 20.8 Å². The van der Waals surface area contributed by atoms with Crippen LogP contribution in [0, 0.1) is 0 Å².